The molecule has 0 spiro atoms. The van der Waals surface area contributed by atoms with Gasteiger partial charge in [-0.3, -0.25) is 0 Å². The number of pyridine rings is 1. The van der Waals surface area contributed by atoms with E-state index in [0.717, 1.165) is 28.1 Å². The van der Waals surface area contributed by atoms with Crippen molar-refractivity contribution < 1.29 is 9.52 Å². The van der Waals surface area contributed by atoms with E-state index in [2.05, 4.69) is 8.51 Å². The van der Waals surface area contributed by atoms with E-state index in [1.54, 1.807) is 24.4 Å². The number of nitrogens with one attached hydrogen (secondary N) is 1. The Morgan fingerprint density at radius 3 is 2.78 bits per heavy atom. The fourth-order valence-electron chi connectivity index (χ4n) is 1.77. The molecule has 0 aliphatic carbocycles. The summed E-state index contributed by atoms with van der Waals surface area (Å²) in [5.74, 6) is 1.77. The van der Waals surface area contributed by atoms with Crippen LogP contribution in [0.3, 0.4) is 0 Å². The molecular formula is C13H9IN2O2. The van der Waals surface area contributed by atoms with Crippen LogP contribution in [0.2, 0.25) is 0 Å². The maximum Gasteiger partial charge on any atom is 0.136 e. The summed E-state index contributed by atoms with van der Waals surface area (Å²) in [7, 11) is 0. The Kier molecular flexibility index (Phi) is 2.83. The van der Waals surface area contributed by atoms with Crippen molar-refractivity contribution in [3.05, 3.63) is 42.6 Å². The van der Waals surface area contributed by atoms with Crippen LogP contribution in [0.1, 0.15) is 0 Å². The van der Waals surface area contributed by atoms with E-state index in [9.17, 15) is 5.11 Å². The van der Waals surface area contributed by atoms with Gasteiger partial charge in [0, 0.05) is 17.1 Å². The Morgan fingerprint density at radius 1 is 1.17 bits per heavy atom. The number of halogens is 1. The van der Waals surface area contributed by atoms with Crippen LogP contribution in [0.15, 0.2) is 47.0 Å². The topological polar surface area (TPSA) is 58.3 Å². The summed E-state index contributed by atoms with van der Waals surface area (Å²) in [6, 6.07) is 10.7. The van der Waals surface area contributed by atoms with Gasteiger partial charge in [0.15, 0.2) is 0 Å². The van der Waals surface area contributed by atoms with Crippen molar-refractivity contribution in [1.82, 2.24) is 4.98 Å². The van der Waals surface area contributed by atoms with E-state index in [1.807, 2.05) is 41.1 Å². The fourth-order valence-corrected chi connectivity index (χ4v) is 2.09. The third-order valence-corrected chi connectivity index (χ3v) is 3.20. The van der Waals surface area contributed by atoms with E-state index in [0.29, 0.717) is 0 Å². The first kappa shape index (κ1) is 11.3. The van der Waals surface area contributed by atoms with Crippen LogP contribution in [-0.4, -0.2) is 10.1 Å². The first-order chi connectivity index (χ1) is 8.76. The average Bonchev–Trinajstić information content (AvgIpc) is 2.81. The molecule has 5 heteroatoms. The number of hydrogen-bond acceptors (Lipinski definition) is 4. The summed E-state index contributed by atoms with van der Waals surface area (Å²) in [4.78, 5) is 4.23. The molecule has 0 atom stereocenters. The summed E-state index contributed by atoms with van der Waals surface area (Å²) >= 11 is 2.03. The summed E-state index contributed by atoms with van der Waals surface area (Å²) in [5.41, 5.74) is 1.65. The Bertz CT molecular complexity index is 692. The highest BCUT2D eigenvalue weighted by Crippen LogP contribution is 2.29. The molecule has 0 radical (unpaired) electrons. The zero-order valence-corrected chi connectivity index (χ0v) is 11.4. The number of anilines is 1. The third-order valence-electron chi connectivity index (χ3n) is 2.64. The molecule has 0 saturated heterocycles. The maximum absolute atomic E-state index is 9.42. The molecule has 4 nitrogen and oxygen atoms in total. The number of aromatic nitrogens is 1. The van der Waals surface area contributed by atoms with Gasteiger partial charge < -0.3 is 13.1 Å². The van der Waals surface area contributed by atoms with Crippen LogP contribution in [0.5, 0.6) is 5.75 Å². The molecule has 0 aliphatic heterocycles. The van der Waals surface area contributed by atoms with Crippen LogP contribution < -0.4 is 3.53 Å². The standard InChI is InChI=1S/C13H9IN2O2/c14-16-13-4-1-8(7-15-13)12-6-9-5-10(17)2-3-11(9)18-12/h1-7,17H,(H,15,16). The Balaban J connectivity index is 2.07. The summed E-state index contributed by atoms with van der Waals surface area (Å²) in [6.45, 7) is 0. The maximum atomic E-state index is 9.42. The third kappa shape index (κ3) is 2.01. The quantitative estimate of drug-likeness (QED) is 0.541. The van der Waals surface area contributed by atoms with Gasteiger partial charge in [0.25, 0.3) is 0 Å². The normalized spacial score (nSPS) is 10.7. The van der Waals surface area contributed by atoms with Crippen molar-refractivity contribution in [3.63, 3.8) is 0 Å². The van der Waals surface area contributed by atoms with Crippen molar-refractivity contribution in [2.75, 3.05) is 3.53 Å². The fraction of sp³-hybridized carbons (Fsp3) is 0. The molecule has 1 aromatic carbocycles. The molecule has 2 N–H and O–H groups in total. The number of hydrogen-bond donors (Lipinski definition) is 2. The highest BCUT2D eigenvalue weighted by Gasteiger charge is 2.07. The van der Waals surface area contributed by atoms with Gasteiger partial charge in [-0.1, -0.05) is 0 Å². The second-order valence-corrected chi connectivity index (χ2v) is 4.40. The average molecular weight is 352 g/mol. The van der Waals surface area contributed by atoms with Gasteiger partial charge in [-0.05, 0) is 36.4 Å². The number of phenolic OH excluding ortho intramolecular Hbond substituents is 1. The van der Waals surface area contributed by atoms with Crippen LogP contribution >= 0.6 is 22.9 Å². The van der Waals surface area contributed by atoms with Gasteiger partial charge in [-0.2, -0.15) is 0 Å². The molecular weight excluding hydrogens is 343 g/mol. The lowest BCUT2D eigenvalue weighted by atomic mass is 10.2. The van der Waals surface area contributed by atoms with Gasteiger partial charge in [0.2, 0.25) is 0 Å². The number of phenols is 1. The van der Waals surface area contributed by atoms with E-state index < -0.39 is 0 Å². The predicted octanol–water partition coefficient (Wildman–Crippen LogP) is 3.96. The number of fused-ring (bicyclic) bond motifs is 1. The summed E-state index contributed by atoms with van der Waals surface area (Å²) in [6.07, 6.45) is 1.75. The highest BCUT2D eigenvalue weighted by atomic mass is 127. The monoisotopic (exact) mass is 352 g/mol. The van der Waals surface area contributed by atoms with Gasteiger partial charge in [-0.25, -0.2) is 4.98 Å². The number of nitrogens with zero attached hydrogens (tertiary/aromatic N) is 1. The predicted molar refractivity (Wildman–Crippen MR) is 78.8 cm³/mol. The van der Waals surface area contributed by atoms with Crippen LogP contribution in [0.4, 0.5) is 5.82 Å². The van der Waals surface area contributed by atoms with E-state index in [4.69, 9.17) is 4.42 Å². The molecule has 18 heavy (non-hydrogen) atoms. The Labute approximate surface area is 117 Å². The molecule has 0 fully saturated rings. The molecule has 3 rings (SSSR count). The minimum Gasteiger partial charge on any atom is -0.508 e. The molecule has 0 aliphatic rings. The number of aromatic hydroxyl groups is 1. The van der Waals surface area contributed by atoms with Crippen LogP contribution in [-0.2, 0) is 0 Å². The number of benzene rings is 1. The molecule has 2 heterocycles. The number of rotatable bonds is 2. The minimum atomic E-state index is 0.234. The van der Waals surface area contributed by atoms with Gasteiger partial charge in [0.1, 0.15) is 22.9 Å². The minimum absolute atomic E-state index is 0.234. The highest BCUT2D eigenvalue weighted by molar-refractivity contribution is 14.1. The second kappa shape index (κ2) is 4.49. The summed E-state index contributed by atoms with van der Waals surface area (Å²) < 4.78 is 8.64. The van der Waals surface area contributed by atoms with Gasteiger partial charge in [-0.15, -0.1) is 0 Å². The largest absolute Gasteiger partial charge is 0.508 e. The molecule has 90 valence electrons. The van der Waals surface area contributed by atoms with Crippen LogP contribution in [0, 0.1) is 0 Å². The molecule has 0 unspecified atom stereocenters. The van der Waals surface area contributed by atoms with Crippen molar-refractivity contribution in [2.24, 2.45) is 0 Å². The zero-order chi connectivity index (χ0) is 12.5. The van der Waals surface area contributed by atoms with Crippen molar-refractivity contribution >= 4 is 39.7 Å². The molecule has 0 amide bonds. The molecule has 2 aromatic heterocycles. The van der Waals surface area contributed by atoms with Crippen LogP contribution in [0.25, 0.3) is 22.3 Å². The van der Waals surface area contributed by atoms with Crippen molar-refractivity contribution in [1.29, 1.82) is 0 Å². The first-order valence-electron chi connectivity index (χ1n) is 5.32. The van der Waals surface area contributed by atoms with Crippen molar-refractivity contribution in [2.45, 2.75) is 0 Å². The van der Waals surface area contributed by atoms with Gasteiger partial charge in [0.05, 0.1) is 22.9 Å². The van der Waals surface area contributed by atoms with E-state index >= 15 is 0 Å². The van der Waals surface area contributed by atoms with Crippen molar-refractivity contribution in [3.8, 4) is 17.1 Å². The first-order valence-corrected chi connectivity index (χ1v) is 6.40. The van der Waals surface area contributed by atoms with E-state index in [-0.39, 0.29) is 5.75 Å². The molecule has 3 aromatic rings. The molecule has 0 bridgehead atoms. The lowest BCUT2D eigenvalue weighted by Crippen LogP contribution is -1.84. The Hall–Kier alpha value is -1.76. The lowest BCUT2D eigenvalue weighted by molar-refractivity contribution is 0.476. The zero-order valence-electron chi connectivity index (χ0n) is 9.22. The van der Waals surface area contributed by atoms with E-state index in [1.165, 1.54) is 0 Å². The van der Waals surface area contributed by atoms with Gasteiger partial charge >= 0.3 is 0 Å². The second-order valence-electron chi connectivity index (χ2n) is 3.86. The number of furan rings is 1. The SMILES string of the molecule is Oc1ccc2oc(-c3ccc(NI)nc3)cc2c1. The smallest absolute Gasteiger partial charge is 0.136 e. The summed E-state index contributed by atoms with van der Waals surface area (Å²) in [5, 5.41) is 10.3. The Morgan fingerprint density at radius 2 is 2.06 bits per heavy atom. The molecule has 0 saturated carbocycles. The lowest BCUT2D eigenvalue weighted by Gasteiger charge is -1.98.